The molecule has 0 heterocycles. The highest BCUT2D eigenvalue weighted by atomic mass is 19.4. The van der Waals surface area contributed by atoms with Crippen LogP contribution in [-0.4, -0.2) is 40.6 Å². The molecular weight excluding hydrogens is 407 g/mol. The number of alkyl halides is 9. The van der Waals surface area contributed by atoms with Crippen molar-refractivity contribution in [2.75, 3.05) is 0 Å². The third-order valence-corrected chi connectivity index (χ3v) is 4.83. The highest BCUT2D eigenvalue weighted by Gasteiger charge is 3.00. The monoisotopic (exact) mass is 424 g/mol. The van der Waals surface area contributed by atoms with Crippen LogP contribution < -0.4 is 4.74 Å². The Bertz CT molecular complexity index is 694. The Morgan fingerprint density at radius 3 is 1.79 bits per heavy atom. The van der Waals surface area contributed by atoms with Crippen molar-refractivity contribution in [1.29, 1.82) is 0 Å². The Kier molecular flexibility index (Phi) is 5.42. The van der Waals surface area contributed by atoms with Gasteiger partial charge in [-0.25, -0.2) is 4.39 Å². The molecule has 11 heteroatoms. The van der Waals surface area contributed by atoms with Gasteiger partial charge in [0.15, 0.2) is 0 Å². The Hall–Kier alpha value is -1.65. The van der Waals surface area contributed by atoms with E-state index in [1.54, 1.807) is 13.8 Å². The third-order valence-electron chi connectivity index (χ3n) is 4.83. The molecule has 0 aromatic heterocycles. The van der Waals surface area contributed by atoms with E-state index in [9.17, 15) is 44.6 Å². The van der Waals surface area contributed by atoms with E-state index in [2.05, 4.69) is 0 Å². The lowest BCUT2D eigenvalue weighted by atomic mass is 9.87. The predicted molar refractivity (Wildman–Crippen MR) is 80.0 cm³/mol. The molecule has 0 saturated heterocycles. The summed E-state index contributed by atoms with van der Waals surface area (Å²) in [4.78, 5) is 0. The maximum absolute atomic E-state index is 14.6. The number of para-hydroxylation sites is 1. The maximum Gasteiger partial charge on any atom is 0.381 e. The van der Waals surface area contributed by atoms with Gasteiger partial charge in [0.25, 0.3) is 5.67 Å². The minimum atomic E-state index is -6.66. The lowest BCUT2D eigenvalue weighted by molar-refractivity contribution is -0.303. The van der Waals surface area contributed by atoms with Gasteiger partial charge in [-0.05, 0) is 19.4 Å². The maximum atomic E-state index is 14.6. The number of halogens is 9. The lowest BCUT2D eigenvalue weighted by Crippen LogP contribution is -2.55. The topological polar surface area (TPSA) is 29.5 Å². The zero-order valence-electron chi connectivity index (χ0n) is 14.6. The van der Waals surface area contributed by atoms with Gasteiger partial charge in [-0.1, -0.05) is 25.1 Å². The van der Waals surface area contributed by atoms with Gasteiger partial charge in [-0.15, -0.1) is 0 Å². The highest BCUT2D eigenvalue weighted by Crippen LogP contribution is 2.70. The number of hydrogen-bond acceptors (Lipinski definition) is 2. The average Bonchev–Trinajstić information content (AvgIpc) is 2.64. The molecule has 28 heavy (non-hydrogen) atoms. The van der Waals surface area contributed by atoms with Crippen molar-refractivity contribution >= 4 is 0 Å². The fourth-order valence-electron chi connectivity index (χ4n) is 2.89. The molecule has 0 aliphatic heterocycles. The van der Waals surface area contributed by atoms with Crippen molar-refractivity contribution in [3.63, 3.8) is 0 Å². The minimum absolute atomic E-state index is 0.212. The van der Waals surface area contributed by atoms with E-state index in [0.29, 0.717) is 6.42 Å². The van der Waals surface area contributed by atoms with E-state index in [0.717, 1.165) is 6.07 Å². The second-order valence-electron chi connectivity index (χ2n) is 6.69. The molecule has 1 N–H and O–H groups in total. The Labute approximate surface area is 154 Å². The molecule has 0 bridgehead atoms. The molecule has 1 fully saturated rings. The van der Waals surface area contributed by atoms with Gasteiger partial charge < -0.3 is 9.84 Å². The van der Waals surface area contributed by atoms with Crippen LogP contribution in [0.2, 0.25) is 0 Å². The van der Waals surface area contributed by atoms with Gasteiger partial charge in [0.1, 0.15) is 5.75 Å². The standard InChI is InChI=1S/C17H17F9O2/c1-3-9(2)28-12-7-5-4-6-10(12)11(27)8-13(18)14(19,20)16(23,24)17(25,26)15(13,21)22/h4-7,9,11,27H,3,8H2,1-2H3. The number of ether oxygens (including phenoxy) is 1. The van der Waals surface area contributed by atoms with E-state index < -0.39 is 53.6 Å². The van der Waals surface area contributed by atoms with Crippen molar-refractivity contribution in [3.05, 3.63) is 29.8 Å². The molecule has 2 atom stereocenters. The van der Waals surface area contributed by atoms with E-state index in [4.69, 9.17) is 4.74 Å². The fourth-order valence-corrected chi connectivity index (χ4v) is 2.89. The quantitative estimate of drug-likeness (QED) is 0.607. The fraction of sp³-hybridized carbons (Fsp3) is 0.647. The molecule has 1 aromatic rings. The molecule has 1 aliphatic rings. The Balaban J connectivity index is 2.47. The first-order chi connectivity index (χ1) is 12.6. The molecule has 0 radical (unpaired) electrons. The van der Waals surface area contributed by atoms with Crippen molar-refractivity contribution < 1.29 is 49.4 Å². The summed E-state index contributed by atoms with van der Waals surface area (Å²) < 4.78 is 128. The molecule has 2 unspecified atom stereocenters. The van der Waals surface area contributed by atoms with E-state index in [1.807, 2.05) is 0 Å². The number of aliphatic hydroxyl groups excluding tert-OH is 1. The van der Waals surface area contributed by atoms with E-state index in [1.165, 1.54) is 18.2 Å². The van der Waals surface area contributed by atoms with E-state index in [-0.39, 0.29) is 5.75 Å². The summed E-state index contributed by atoms with van der Waals surface area (Å²) in [6.45, 7) is 3.27. The molecule has 1 saturated carbocycles. The van der Waals surface area contributed by atoms with Crippen LogP contribution in [0.3, 0.4) is 0 Å². The summed E-state index contributed by atoms with van der Waals surface area (Å²) in [6, 6.07) is 4.76. The van der Waals surface area contributed by atoms with E-state index >= 15 is 0 Å². The summed E-state index contributed by atoms with van der Waals surface area (Å²) in [5, 5.41) is 10.0. The van der Waals surface area contributed by atoms with Gasteiger partial charge in [0.05, 0.1) is 12.2 Å². The molecule has 0 amide bonds. The largest absolute Gasteiger partial charge is 0.490 e. The second kappa shape index (κ2) is 6.70. The van der Waals surface area contributed by atoms with Crippen LogP contribution in [0.25, 0.3) is 0 Å². The van der Waals surface area contributed by atoms with Crippen LogP contribution in [0, 0.1) is 0 Å². The Morgan fingerprint density at radius 1 is 0.857 bits per heavy atom. The summed E-state index contributed by atoms with van der Waals surface area (Å²) in [5.41, 5.74) is -6.19. The molecular formula is C17H17F9O2. The van der Waals surface area contributed by atoms with Crippen LogP contribution in [0.1, 0.15) is 38.4 Å². The van der Waals surface area contributed by atoms with Crippen LogP contribution in [0.4, 0.5) is 39.5 Å². The van der Waals surface area contributed by atoms with Crippen LogP contribution in [0.5, 0.6) is 5.75 Å². The number of aliphatic hydroxyl groups is 1. The average molecular weight is 424 g/mol. The first-order valence-electron chi connectivity index (χ1n) is 8.22. The highest BCUT2D eigenvalue weighted by molar-refractivity contribution is 5.37. The van der Waals surface area contributed by atoms with Crippen LogP contribution in [-0.2, 0) is 0 Å². The normalized spacial score (nSPS) is 25.9. The second-order valence-corrected chi connectivity index (χ2v) is 6.69. The summed E-state index contributed by atoms with van der Waals surface area (Å²) in [5.74, 6) is -26.4. The van der Waals surface area contributed by atoms with Crippen molar-refractivity contribution in [2.45, 2.75) is 68.3 Å². The zero-order chi connectivity index (χ0) is 21.8. The van der Waals surface area contributed by atoms with Crippen LogP contribution in [0.15, 0.2) is 24.3 Å². The molecule has 1 aliphatic carbocycles. The summed E-state index contributed by atoms with van der Waals surface area (Å²) in [7, 11) is 0. The number of rotatable bonds is 6. The zero-order valence-corrected chi connectivity index (χ0v) is 14.6. The third kappa shape index (κ3) is 2.76. The summed E-state index contributed by atoms with van der Waals surface area (Å²) >= 11 is 0. The van der Waals surface area contributed by atoms with Gasteiger partial charge in [0.2, 0.25) is 0 Å². The van der Waals surface area contributed by atoms with Gasteiger partial charge in [-0.3, -0.25) is 0 Å². The number of hydrogen-bond donors (Lipinski definition) is 1. The van der Waals surface area contributed by atoms with Gasteiger partial charge >= 0.3 is 23.7 Å². The smallest absolute Gasteiger partial charge is 0.381 e. The molecule has 160 valence electrons. The first kappa shape index (κ1) is 22.6. The van der Waals surface area contributed by atoms with Crippen molar-refractivity contribution in [2.24, 2.45) is 0 Å². The minimum Gasteiger partial charge on any atom is -0.490 e. The molecule has 2 rings (SSSR count). The van der Waals surface area contributed by atoms with Gasteiger partial charge in [0, 0.05) is 12.0 Å². The molecule has 1 aromatic carbocycles. The Morgan fingerprint density at radius 2 is 1.32 bits per heavy atom. The van der Waals surface area contributed by atoms with Crippen LogP contribution >= 0.6 is 0 Å². The summed E-state index contributed by atoms with van der Waals surface area (Å²) in [6.07, 6.45) is -5.01. The first-order valence-corrected chi connectivity index (χ1v) is 8.22. The molecule has 2 nitrogen and oxygen atoms in total. The van der Waals surface area contributed by atoms with Crippen molar-refractivity contribution in [1.82, 2.24) is 0 Å². The number of benzene rings is 1. The molecule has 0 spiro atoms. The predicted octanol–water partition coefficient (Wildman–Crippen LogP) is 5.55. The van der Waals surface area contributed by atoms with Gasteiger partial charge in [-0.2, -0.15) is 35.1 Å². The van der Waals surface area contributed by atoms with Crippen molar-refractivity contribution in [3.8, 4) is 5.75 Å². The lowest BCUT2D eigenvalue weighted by Gasteiger charge is -2.33. The SMILES string of the molecule is CCC(C)Oc1ccccc1C(O)CC1(F)C(F)(F)C(F)(F)C(F)(F)C1(F)F.